The van der Waals surface area contributed by atoms with Crippen LogP contribution in [0.1, 0.15) is 18.1 Å². The molecule has 1 fully saturated rings. The van der Waals surface area contributed by atoms with Crippen LogP contribution in [0.15, 0.2) is 36.4 Å². The second kappa shape index (κ2) is 7.29. The van der Waals surface area contributed by atoms with Crippen molar-refractivity contribution in [1.29, 1.82) is 0 Å². The number of benzene rings is 2. The molecule has 0 aromatic heterocycles. The monoisotopic (exact) mass is 408 g/mol. The summed E-state index contributed by atoms with van der Waals surface area (Å²) in [7, 11) is 3.04. The molecule has 1 aliphatic heterocycles. The van der Waals surface area contributed by atoms with Gasteiger partial charge in [0.1, 0.15) is 5.54 Å². The van der Waals surface area contributed by atoms with Crippen molar-refractivity contribution in [2.75, 3.05) is 14.2 Å². The van der Waals surface area contributed by atoms with E-state index in [4.69, 9.17) is 32.7 Å². The van der Waals surface area contributed by atoms with Gasteiger partial charge in [-0.25, -0.2) is 4.79 Å². The predicted molar refractivity (Wildman–Crippen MR) is 102 cm³/mol. The van der Waals surface area contributed by atoms with Crippen molar-refractivity contribution >= 4 is 35.1 Å². The molecule has 3 rings (SSSR count). The number of nitrogens with one attached hydrogen (secondary N) is 1. The second-order valence-electron chi connectivity index (χ2n) is 6.26. The third kappa shape index (κ3) is 3.42. The van der Waals surface area contributed by atoms with Crippen LogP contribution in [0.3, 0.4) is 0 Å². The van der Waals surface area contributed by atoms with Gasteiger partial charge in [0.25, 0.3) is 5.91 Å². The van der Waals surface area contributed by atoms with Gasteiger partial charge in [-0.3, -0.25) is 9.69 Å². The maximum Gasteiger partial charge on any atom is 0.325 e. The highest BCUT2D eigenvalue weighted by atomic mass is 35.5. The van der Waals surface area contributed by atoms with Crippen molar-refractivity contribution in [3.63, 3.8) is 0 Å². The highest BCUT2D eigenvalue weighted by Crippen LogP contribution is 2.36. The molecule has 0 aliphatic carbocycles. The minimum atomic E-state index is -1.22. The van der Waals surface area contributed by atoms with Crippen LogP contribution < -0.4 is 14.8 Å². The van der Waals surface area contributed by atoms with Crippen molar-refractivity contribution in [3.05, 3.63) is 57.6 Å². The molecule has 3 amide bonds. The number of hydrogen-bond acceptors (Lipinski definition) is 4. The zero-order chi connectivity index (χ0) is 19.8. The summed E-state index contributed by atoms with van der Waals surface area (Å²) in [4.78, 5) is 26.7. The standard InChI is InChI=1S/C19H18Cl2N2O4/c1-19(12-5-7-15(26-2)16(9-12)27-3)17(24)23(18(25)22-19)10-11-4-6-13(20)14(21)8-11/h4-9H,10H2,1-3H3,(H,22,25). The molecule has 0 radical (unpaired) electrons. The Balaban J connectivity index is 1.91. The van der Waals surface area contributed by atoms with E-state index >= 15 is 0 Å². The molecule has 142 valence electrons. The lowest BCUT2D eigenvalue weighted by Gasteiger charge is -2.23. The third-order valence-corrected chi connectivity index (χ3v) is 5.30. The van der Waals surface area contributed by atoms with E-state index in [1.165, 1.54) is 14.2 Å². The van der Waals surface area contributed by atoms with Gasteiger partial charge in [0.15, 0.2) is 11.5 Å². The number of halogens is 2. The first-order valence-electron chi connectivity index (χ1n) is 8.10. The molecule has 1 aliphatic rings. The van der Waals surface area contributed by atoms with Crippen molar-refractivity contribution in [2.24, 2.45) is 0 Å². The molecular weight excluding hydrogens is 391 g/mol. The number of nitrogens with zero attached hydrogens (tertiary/aromatic N) is 1. The Morgan fingerprint density at radius 3 is 2.33 bits per heavy atom. The molecule has 1 unspecified atom stereocenters. The van der Waals surface area contributed by atoms with Crippen LogP contribution in [-0.2, 0) is 16.9 Å². The van der Waals surface area contributed by atoms with Crippen LogP contribution in [0.4, 0.5) is 4.79 Å². The molecule has 1 saturated heterocycles. The summed E-state index contributed by atoms with van der Waals surface area (Å²) in [6.07, 6.45) is 0. The fourth-order valence-electron chi connectivity index (χ4n) is 3.00. The van der Waals surface area contributed by atoms with E-state index in [0.29, 0.717) is 32.7 Å². The van der Waals surface area contributed by atoms with Gasteiger partial charge in [0, 0.05) is 0 Å². The van der Waals surface area contributed by atoms with E-state index < -0.39 is 11.6 Å². The van der Waals surface area contributed by atoms with Gasteiger partial charge in [0.05, 0.1) is 30.8 Å². The molecule has 6 nitrogen and oxygen atoms in total. The van der Waals surface area contributed by atoms with E-state index in [1.807, 2.05) is 0 Å². The van der Waals surface area contributed by atoms with Crippen LogP contribution in [-0.4, -0.2) is 31.1 Å². The molecule has 2 aromatic rings. The van der Waals surface area contributed by atoms with Crippen LogP contribution in [0.2, 0.25) is 10.0 Å². The fourth-order valence-corrected chi connectivity index (χ4v) is 3.32. The quantitative estimate of drug-likeness (QED) is 0.759. The van der Waals surface area contributed by atoms with E-state index in [1.54, 1.807) is 43.3 Å². The average molecular weight is 409 g/mol. The molecule has 1 atom stereocenters. The molecule has 1 N–H and O–H groups in total. The zero-order valence-electron chi connectivity index (χ0n) is 15.0. The van der Waals surface area contributed by atoms with Gasteiger partial charge in [0.2, 0.25) is 0 Å². The molecule has 0 bridgehead atoms. The van der Waals surface area contributed by atoms with Crippen LogP contribution >= 0.6 is 23.2 Å². The minimum absolute atomic E-state index is 0.0877. The summed E-state index contributed by atoms with van der Waals surface area (Å²) in [5, 5.41) is 3.54. The SMILES string of the molecule is COc1ccc(C2(C)NC(=O)N(Cc3ccc(Cl)c(Cl)c3)C2=O)cc1OC. The van der Waals surface area contributed by atoms with Crippen molar-refractivity contribution in [1.82, 2.24) is 10.2 Å². The first-order chi connectivity index (χ1) is 12.8. The van der Waals surface area contributed by atoms with Crippen LogP contribution in [0.5, 0.6) is 11.5 Å². The first-order valence-corrected chi connectivity index (χ1v) is 8.86. The Morgan fingerprint density at radius 1 is 1.00 bits per heavy atom. The summed E-state index contributed by atoms with van der Waals surface area (Å²) >= 11 is 11.9. The largest absolute Gasteiger partial charge is 0.493 e. The highest BCUT2D eigenvalue weighted by molar-refractivity contribution is 6.42. The molecule has 1 heterocycles. The molecule has 0 saturated carbocycles. The molecule has 2 aromatic carbocycles. The number of urea groups is 1. The number of hydrogen-bond donors (Lipinski definition) is 1. The number of ether oxygens (including phenoxy) is 2. The van der Waals surface area contributed by atoms with E-state index in [2.05, 4.69) is 5.32 Å². The number of carbonyl (C=O) groups is 2. The van der Waals surface area contributed by atoms with E-state index in [9.17, 15) is 9.59 Å². The van der Waals surface area contributed by atoms with Gasteiger partial charge in [-0.2, -0.15) is 0 Å². The fraction of sp³-hybridized carbons (Fsp3) is 0.263. The lowest BCUT2D eigenvalue weighted by atomic mass is 9.91. The second-order valence-corrected chi connectivity index (χ2v) is 7.08. The maximum absolute atomic E-state index is 13.1. The normalized spacial score (nSPS) is 19.2. The predicted octanol–water partition coefficient (Wildman–Crippen LogP) is 3.98. The molecule has 27 heavy (non-hydrogen) atoms. The number of amides is 3. The summed E-state index contributed by atoms with van der Waals surface area (Å²) in [5.41, 5.74) is 0.0759. The van der Waals surface area contributed by atoms with Gasteiger partial charge >= 0.3 is 6.03 Å². The summed E-state index contributed by atoms with van der Waals surface area (Å²) in [6.45, 7) is 1.74. The van der Waals surface area contributed by atoms with Gasteiger partial charge < -0.3 is 14.8 Å². The highest BCUT2D eigenvalue weighted by Gasteiger charge is 2.49. The van der Waals surface area contributed by atoms with Gasteiger partial charge in [-0.1, -0.05) is 35.3 Å². The smallest absolute Gasteiger partial charge is 0.325 e. The Labute approximate surface area is 167 Å². The number of imide groups is 1. The number of carbonyl (C=O) groups excluding carboxylic acids is 2. The van der Waals surface area contributed by atoms with Gasteiger partial charge in [-0.15, -0.1) is 0 Å². The van der Waals surface area contributed by atoms with Crippen LogP contribution in [0.25, 0.3) is 0 Å². The number of methoxy groups -OCH3 is 2. The third-order valence-electron chi connectivity index (χ3n) is 4.56. The molecule has 8 heteroatoms. The van der Waals surface area contributed by atoms with Crippen LogP contribution in [0, 0.1) is 0 Å². The van der Waals surface area contributed by atoms with Gasteiger partial charge in [-0.05, 0) is 42.3 Å². The lowest BCUT2D eigenvalue weighted by molar-refractivity contribution is -0.131. The Kier molecular flexibility index (Phi) is 5.22. The molecule has 0 spiro atoms. The van der Waals surface area contributed by atoms with Crippen molar-refractivity contribution in [2.45, 2.75) is 19.0 Å². The zero-order valence-corrected chi connectivity index (χ0v) is 16.5. The van der Waals surface area contributed by atoms with Crippen molar-refractivity contribution < 1.29 is 19.1 Å². The first kappa shape index (κ1) is 19.3. The Morgan fingerprint density at radius 2 is 1.70 bits per heavy atom. The Bertz CT molecular complexity index is 919. The number of rotatable bonds is 5. The summed E-state index contributed by atoms with van der Waals surface area (Å²) in [5.74, 6) is 0.640. The Hall–Kier alpha value is -2.44. The van der Waals surface area contributed by atoms with E-state index in [-0.39, 0.29) is 12.5 Å². The lowest BCUT2D eigenvalue weighted by Crippen LogP contribution is -2.40. The maximum atomic E-state index is 13.1. The summed E-state index contributed by atoms with van der Waals surface area (Å²) in [6, 6.07) is 9.61. The average Bonchev–Trinajstić information content (AvgIpc) is 2.88. The van der Waals surface area contributed by atoms with E-state index in [0.717, 1.165) is 4.90 Å². The summed E-state index contributed by atoms with van der Waals surface area (Å²) < 4.78 is 10.5. The molecular formula is C19H18Cl2N2O4. The van der Waals surface area contributed by atoms with Crippen molar-refractivity contribution in [3.8, 4) is 11.5 Å². The topological polar surface area (TPSA) is 67.9 Å². The minimum Gasteiger partial charge on any atom is -0.493 e.